The highest BCUT2D eigenvalue weighted by Gasteiger charge is 2.30. The number of hydrogen-bond acceptors (Lipinski definition) is 1. The summed E-state index contributed by atoms with van der Waals surface area (Å²) in [4.78, 5) is 11.0. The fourth-order valence-corrected chi connectivity index (χ4v) is 0.911. The van der Waals surface area contributed by atoms with Gasteiger partial charge in [-0.1, -0.05) is 0 Å². The summed E-state index contributed by atoms with van der Waals surface area (Å²) in [6.07, 6.45) is -4.44. The van der Waals surface area contributed by atoms with Crippen LogP contribution >= 0.6 is 0 Å². The number of alkyl halides is 3. The first kappa shape index (κ1) is 10.6. The lowest BCUT2D eigenvalue weighted by atomic mass is 10.1. The SMILES string of the molecule is CNC(=O)c1c[c]cc(C(F)(F)F)c1. The molecule has 0 saturated carbocycles. The second-order valence-electron chi connectivity index (χ2n) is 2.59. The van der Waals surface area contributed by atoms with Crippen LogP contribution in [0.3, 0.4) is 0 Å². The van der Waals surface area contributed by atoms with E-state index in [4.69, 9.17) is 0 Å². The average Bonchev–Trinajstić information content (AvgIpc) is 2.15. The molecular weight excluding hydrogens is 195 g/mol. The zero-order valence-electron chi connectivity index (χ0n) is 7.27. The van der Waals surface area contributed by atoms with Gasteiger partial charge in [0, 0.05) is 12.6 Å². The summed E-state index contributed by atoms with van der Waals surface area (Å²) in [5.41, 5.74) is -0.930. The largest absolute Gasteiger partial charge is 0.416 e. The fourth-order valence-electron chi connectivity index (χ4n) is 0.911. The van der Waals surface area contributed by atoms with Crippen molar-refractivity contribution in [2.75, 3.05) is 7.05 Å². The van der Waals surface area contributed by atoms with E-state index in [0.29, 0.717) is 0 Å². The summed E-state index contributed by atoms with van der Waals surface area (Å²) in [6.45, 7) is 0. The molecule has 0 aliphatic rings. The number of hydrogen-bond donors (Lipinski definition) is 1. The Hall–Kier alpha value is -1.52. The second kappa shape index (κ2) is 3.69. The molecule has 1 radical (unpaired) electrons. The average molecular weight is 202 g/mol. The summed E-state index contributed by atoms with van der Waals surface area (Å²) < 4.78 is 36.6. The van der Waals surface area contributed by atoms with Crippen molar-refractivity contribution < 1.29 is 18.0 Å². The third-order valence-electron chi connectivity index (χ3n) is 1.61. The van der Waals surface area contributed by atoms with Crippen LogP contribution in [0.2, 0.25) is 0 Å². The third-order valence-corrected chi connectivity index (χ3v) is 1.61. The second-order valence-corrected chi connectivity index (χ2v) is 2.59. The van der Waals surface area contributed by atoms with Gasteiger partial charge in [-0.15, -0.1) is 0 Å². The number of nitrogens with one attached hydrogen (secondary N) is 1. The van der Waals surface area contributed by atoms with E-state index in [1.807, 2.05) is 0 Å². The lowest BCUT2D eigenvalue weighted by Gasteiger charge is -2.07. The van der Waals surface area contributed by atoms with Crippen molar-refractivity contribution in [3.63, 3.8) is 0 Å². The third kappa shape index (κ3) is 2.25. The molecule has 0 saturated heterocycles. The molecule has 0 heterocycles. The topological polar surface area (TPSA) is 29.1 Å². The molecule has 5 heteroatoms. The van der Waals surface area contributed by atoms with Crippen molar-refractivity contribution >= 4 is 5.91 Å². The summed E-state index contributed by atoms with van der Waals surface area (Å²) >= 11 is 0. The first-order chi connectivity index (χ1) is 6.45. The van der Waals surface area contributed by atoms with Crippen LogP contribution in [-0.4, -0.2) is 13.0 Å². The highest BCUT2D eigenvalue weighted by atomic mass is 19.4. The van der Waals surface area contributed by atoms with Gasteiger partial charge in [0.15, 0.2) is 0 Å². The van der Waals surface area contributed by atoms with Crippen molar-refractivity contribution in [2.24, 2.45) is 0 Å². The van der Waals surface area contributed by atoms with Crippen molar-refractivity contribution in [2.45, 2.75) is 6.18 Å². The Morgan fingerprint density at radius 3 is 2.57 bits per heavy atom. The lowest BCUT2D eigenvalue weighted by molar-refractivity contribution is -0.137. The van der Waals surface area contributed by atoms with Crippen LogP contribution in [0.4, 0.5) is 13.2 Å². The van der Waals surface area contributed by atoms with E-state index in [2.05, 4.69) is 11.4 Å². The Bertz CT molecular complexity index is 346. The van der Waals surface area contributed by atoms with Crippen LogP contribution in [0.15, 0.2) is 18.2 Å². The molecule has 0 aromatic heterocycles. The Labute approximate surface area is 78.7 Å². The van der Waals surface area contributed by atoms with Gasteiger partial charge in [-0.3, -0.25) is 4.79 Å². The Balaban J connectivity index is 3.08. The Morgan fingerprint density at radius 1 is 1.43 bits per heavy atom. The predicted molar refractivity (Wildman–Crippen MR) is 43.7 cm³/mol. The van der Waals surface area contributed by atoms with Crippen LogP contribution in [0, 0.1) is 6.07 Å². The molecule has 0 fully saturated rings. The quantitative estimate of drug-likeness (QED) is 0.739. The summed E-state index contributed by atoms with van der Waals surface area (Å²) in [7, 11) is 1.35. The molecule has 2 nitrogen and oxygen atoms in total. The highest BCUT2D eigenvalue weighted by Crippen LogP contribution is 2.29. The molecule has 1 rings (SSSR count). The molecule has 0 aliphatic carbocycles. The maximum Gasteiger partial charge on any atom is 0.416 e. The molecule has 1 aromatic rings. The van der Waals surface area contributed by atoms with Gasteiger partial charge in [-0.05, 0) is 24.3 Å². The van der Waals surface area contributed by atoms with Gasteiger partial charge in [0.2, 0.25) is 0 Å². The van der Waals surface area contributed by atoms with Crippen molar-refractivity contribution in [1.82, 2.24) is 5.32 Å². The summed E-state index contributed by atoms with van der Waals surface area (Å²) in [6, 6.07) is 5.06. The molecular formula is C9H7F3NO. The normalized spacial score (nSPS) is 11.1. The van der Waals surface area contributed by atoms with Crippen LogP contribution in [0.1, 0.15) is 15.9 Å². The zero-order valence-corrected chi connectivity index (χ0v) is 7.27. The monoisotopic (exact) mass is 202 g/mol. The zero-order chi connectivity index (χ0) is 10.8. The van der Waals surface area contributed by atoms with Gasteiger partial charge < -0.3 is 5.32 Å². The summed E-state index contributed by atoms with van der Waals surface area (Å²) in [5, 5.41) is 2.23. The van der Waals surface area contributed by atoms with Gasteiger partial charge >= 0.3 is 6.18 Å². The van der Waals surface area contributed by atoms with Gasteiger partial charge in [-0.2, -0.15) is 13.2 Å². The van der Waals surface area contributed by atoms with E-state index in [0.717, 1.165) is 12.1 Å². The molecule has 1 aromatic carbocycles. The standard InChI is InChI=1S/C9H7F3NO/c1-13-8(14)6-3-2-4-7(5-6)9(10,11)12/h3-5H,1H3,(H,13,14). The highest BCUT2D eigenvalue weighted by molar-refractivity contribution is 5.94. The van der Waals surface area contributed by atoms with Gasteiger partial charge in [-0.25, -0.2) is 0 Å². The Kier molecular flexibility index (Phi) is 2.78. The minimum atomic E-state index is -4.44. The number of carbonyl (C=O) groups is 1. The van der Waals surface area contributed by atoms with Crippen LogP contribution < -0.4 is 5.32 Å². The maximum atomic E-state index is 12.2. The van der Waals surface area contributed by atoms with Crippen molar-refractivity contribution in [3.05, 3.63) is 35.4 Å². The molecule has 0 bridgehead atoms. The molecule has 0 atom stereocenters. The number of amides is 1. The molecule has 14 heavy (non-hydrogen) atoms. The van der Waals surface area contributed by atoms with Gasteiger partial charge in [0.1, 0.15) is 0 Å². The van der Waals surface area contributed by atoms with E-state index >= 15 is 0 Å². The minimum absolute atomic E-state index is 0.0534. The number of halogens is 3. The first-order valence-electron chi connectivity index (χ1n) is 3.75. The molecule has 1 N–H and O–H groups in total. The van der Waals surface area contributed by atoms with Crippen LogP contribution in [0.5, 0.6) is 0 Å². The Morgan fingerprint density at radius 2 is 2.07 bits per heavy atom. The molecule has 0 aliphatic heterocycles. The van der Waals surface area contributed by atoms with Gasteiger partial charge in [0.25, 0.3) is 5.91 Å². The van der Waals surface area contributed by atoms with Crippen LogP contribution in [-0.2, 0) is 6.18 Å². The van der Waals surface area contributed by atoms with Crippen LogP contribution in [0.25, 0.3) is 0 Å². The van der Waals surface area contributed by atoms with E-state index in [1.165, 1.54) is 13.1 Å². The number of rotatable bonds is 1. The van der Waals surface area contributed by atoms with E-state index in [1.54, 1.807) is 0 Å². The van der Waals surface area contributed by atoms with E-state index < -0.39 is 17.6 Å². The van der Waals surface area contributed by atoms with Crippen molar-refractivity contribution in [1.29, 1.82) is 0 Å². The molecule has 1 amide bonds. The minimum Gasteiger partial charge on any atom is -0.355 e. The number of benzene rings is 1. The predicted octanol–water partition coefficient (Wildman–Crippen LogP) is 1.87. The van der Waals surface area contributed by atoms with Crippen molar-refractivity contribution in [3.8, 4) is 0 Å². The molecule has 75 valence electrons. The lowest BCUT2D eigenvalue weighted by Crippen LogP contribution is -2.18. The number of carbonyl (C=O) groups excluding carboxylic acids is 1. The van der Waals surface area contributed by atoms with Gasteiger partial charge in [0.05, 0.1) is 5.56 Å². The maximum absolute atomic E-state index is 12.2. The van der Waals surface area contributed by atoms with E-state index in [-0.39, 0.29) is 5.56 Å². The first-order valence-corrected chi connectivity index (χ1v) is 3.75. The summed E-state index contributed by atoms with van der Waals surface area (Å²) in [5.74, 6) is -0.563. The van der Waals surface area contributed by atoms with E-state index in [9.17, 15) is 18.0 Å². The molecule has 0 unspecified atom stereocenters. The smallest absolute Gasteiger partial charge is 0.355 e. The molecule has 0 spiro atoms. The fraction of sp³-hybridized carbons (Fsp3) is 0.222.